The first-order valence-electron chi connectivity index (χ1n) is 9.26. The molecule has 0 aromatic heterocycles. The summed E-state index contributed by atoms with van der Waals surface area (Å²) in [7, 11) is 1.60. The molecule has 3 aromatic rings. The van der Waals surface area contributed by atoms with Crippen LogP contribution in [0.1, 0.15) is 16.7 Å². The third-order valence-corrected chi connectivity index (χ3v) is 4.97. The normalized spacial score (nSPS) is 14.4. The van der Waals surface area contributed by atoms with Gasteiger partial charge in [-0.1, -0.05) is 47.1 Å². The molecule has 0 saturated carbocycles. The molecule has 150 valence electrons. The van der Waals surface area contributed by atoms with E-state index in [4.69, 9.17) is 25.9 Å². The van der Waals surface area contributed by atoms with Gasteiger partial charge in [-0.2, -0.15) is 0 Å². The maximum absolute atomic E-state index is 12.2. The minimum absolute atomic E-state index is 0.376. The Morgan fingerprint density at radius 3 is 2.37 bits per heavy atom. The summed E-state index contributed by atoms with van der Waals surface area (Å²) in [6, 6.07) is 22.3. The smallest absolute Gasteiger partial charge is 0.368 e. The molecule has 0 atom stereocenters. The SMILES string of the molecule is COc1ccc(C2=NOC(=O)/C2=C\c2ccc(OCc3ccccc3Cl)cc2)cc1. The molecule has 6 heteroatoms. The summed E-state index contributed by atoms with van der Waals surface area (Å²) in [6.45, 7) is 0.376. The number of nitrogens with zero attached hydrogens (tertiary/aromatic N) is 1. The summed E-state index contributed by atoms with van der Waals surface area (Å²) in [4.78, 5) is 17.1. The quantitative estimate of drug-likeness (QED) is 0.403. The maximum Gasteiger partial charge on any atom is 0.368 e. The van der Waals surface area contributed by atoms with Gasteiger partial charge in [0.05, 0.1) is 12.7 Å². The Balaban J connectivity index is 1.49. The van der Waals surface area contributed by atoms with Crippen LogP contribution in [0.15, 0.2) is 83.5 Å². The van der Waals surface area contributed by atoms with Crippen molar-refractivity contribution in [1.82, 2.24) is 0 Å². The monoisotopic (exact) mass is 419 g/mol. The summed E-state index contributed by atoms with van der Waals surface area (Å²) < 4.78 is 11.0. The van der Waals surface area contributed by atoms with Crippen molar-refractivity contribution in [3.8, 4) is 11.5 Å². The highest BCUT2D eigenvalue weighted by Gasteiger charge is 2.26. The van der Waals surface area contributed by atoms with E-state index in [1.807, 2.05) is 72.8 Å². The first kappa shape index (κ1) is 19.7. The van der Waals surface area contributed by atoms with Crippen molar-refractivity contribution < 1.29 is 19.1 Å². The lowest BCUT2D eigenvalue weighted by Gasteiger charge is -2.08. The summed E-state index contributed by atoms with van der Waals surface area (Å²) in [5, 5.41) is 4.60. The van der Waals surface area contributed by atoms with E-state index in [1.54, 1.807) is 13.2 Å². The largest absolute Gasteiger partial charge is 0.497 e. The Labute approximate surface area is 179 Å². The van der Waals surface area contributed by atoms with Gasteiger partial charge in [0.1, 0.15) is 23.8 Å². The summed E-state index contributed by atoms with van der Waals surface area (Å²) in [5.41, 5.74) is 3.40. The van der Waals surface area contributed by atoms with Crippen LogP contribution in [0.5, 0.6) is 11.5 Å². The number of benzene rings is 3. The molecule has 4 rings (SSSR count). The van der Waals surface area contributed by atoms with Crippen LogP contribution in [-0.4, -0.2) is 18.8 Å². The second-order valence-electron chi connectivity index (χ2n) is 6.55. The van der Waals surface area contributed by atoms with Gasteiger partial charge in [-0.15, -0.1) is 0 Å². The van der Waals surface area contributed by atoms with Crippen molar-refractivity contribution in [1.29, 1.82) is 0 Å². The number of halogens is 1. The van der Waals surface area contributed by atoms with Crippen LogP contribution in [-0.2, 0) is 16.2 Å². The van der Waals surface area contributed by atoms with Gasteiger partial charge < -0.3 is 14.3 Å². The van der Waals surface area contributed by atoms with Crippen LogP contribution in [0.25, 0.3) is 6.08 Å². The molecule has 0 N–H and O–H groups in total. The Morgan fingerprint density at radius 2 is 1.67 bits per heavy atom. The van der Waals surface area contributed by atoms with Crippen LogP contribution in [0.3, 0.4) is 0 Å². The van der Waals surface area contributed by atoms with Gasteiger partial charge >= 0.3 is 5.97 Å². The van der Waals surface area contributed by atoms with E-state index in [-0.39, 0.29) is 0 Å². The molecule has 1 heterocycles. The first-order chi connectivity index (χ1) is 14.6. The van der Waals surface area contributed by atoms with Gasteiger partial charge in [0, 0.05) is 16.1 Å². The van der Waals surface area contributed by atoms with Crippen molar-refractivity contribution in [3.05, 3.63) is 100 Å². The Bertz CT molecular complexity index is 1120. The van der Waals surface area contributed by atoms with Crippen molar-refractivity contribution in [3.63, 3.8) is 0 Å². The molecular weight excluding hydrogens is 402 g/mol. The lowest BCUT2D eigenvalue weighted by Crippen LogP contribution is -2.06. The average molecular weight is 420 g/mol. The van der Waals surface area contributed by atoms with E-state index in [9.17, 15) is 4.79 Å². The highest BCUT2D eigenvalue weighted by molar-refractivity contribution is 6.31. The molecule has 0 unspecified atom stereocenters. The third-order valence-electron chi connectivity index (χ3n) is 4.60. The van der Waals surface area contributed by atoms with Gasteiger partial charge in [-0.3, -0.25) is 0 Å². The molecule has 5 nitrogen and oxygen atoms in total. The molecule has 0 spiro atoms. The van der Waals surface area contributed by atoms with Gasteiger partial charge in [0.15, 0.2) is 0 Å². The van der Waals surface area contributed by atoms with Gasteiger partial charge in [-0.25, -0.2) is 4.79 Å². The molecule has 30 heavy (non-hydrogen) atoms. The fourth-order valence-corrected chi connectivity index (χ4v) is 3.16. The lowest BCUT2D eigenvalue weighted by molar-refractivity contribution is -0.136. The van der Waals surface area contributed by atoms with Crippen LogP contribution in [0.2, 0.25) is 5.02 Å². The predicted molar refractivity (Wildman–Crippen MR) is 116 cm³/mol. The van der Waals surface area contributed by atoms with Gasteiger partial charge in [-0.05, 0) is 54.1 Å². The van der Waals surface area contributed by atoms with Gasteiger partial charge in [0.25, 0.3) is 0 Å². The van der Waals surface area contributed by atoms with Crippen LogP contribution in [0, 0.1) is 0 Å². The first-order valence-corrected chi connectivity index (χ1v) is 9.64. The Hall–Kier alpha value is -3.57. The molecule has 0 radical (unpaired) electrons. The van der Waals surface area contributed by atoms with Crippen molar-refractivity contribution in [2.45, 2.75) is 6.61 Å². The topological polar surface area (TPSA) is 57.1 Å². The molecule has 3 aromatic carbocycles. The number of oxime groups is 1. The van der Waals surface area contributed by atoms with E-state index >= 15 is 0 Å². The number of hydrogen-bond donors (Lipinski definition) is 0. The molecule has 0 saturated heterocycles. The van der Waals surface area contributed by atoms with Crippen LogP contribution in [0.4, 0.5) is 0 Å². The van der Waals surface area contributed by atoms with E-state index < -0.39 is 5.97 Å². The molecule has 0 amide bonds. The number of hydrogen-bond acceptors (Lipinski definition) is 5. The molecule has 0 fully saturated rings. The zero-order valence-electron chi connectivity index (χ0n) is 16.2. The molecule has 0 aliphatic carbocycles. The maximum atomic E-state index is 12.2. The minimum atomic E-state index is -0.486. The van der Waals surface area contributed by atoms with Crippen LogP contribution >= 0.6 is 11.6 Å². The Kier molecular flexibility index (Phi) is 5.82. The zero-order chi connectivity index (χ0) is 20.9. The van der Waals surface area contributed by atoms with Crippen molar-refractivity contribution in [2.24, 2.45) is 5.16 Å². The average Bonchev–Trinajstić information content (AvgIpc) is 3.14. The Morgan fingerprint density at radius 1 is 0.967 bits per heavy atom. The number of ether oxygens (including phenoxy) is 2. The van der Waals surface area contributed by atoms with E-state index in [0.29, 0.717) is 28.7 Å². The summed E-state index contributed by atoms with van der Waals surface area (Å²) >= 11 is 6.16. The fourth-order valence-electron chi connectivity index (χ4n) is 2.97. The van der Waals surface area contributed by atoms with E-state index in [1.165, 1.54) is 0 Å². The number of carbonyl (C=O) groups excluding carboxylic acids is 1. The fraction of sp³-hybridized carbons (Fsp3) is 0.0833. The molecule has 1 aliphatic heterocycles. The molecular formula is C24H18ClNO4. The number of rotatable bonds is 6. The predicted octanol–water partition coefficient (Wildman–Crippen LogP) is 5.27. The number of methoxy groups -OCH3 is 1. The summed E-state index contributed by atoms with van der Waals surface area (Å²) in [5.74, 6) is 0.942. The van der Waals surface area contributed by atoms with Crippen LogP contribution < -0.4 is 9.47 Å². The second-order valence-corrected chi connectivity index (χ2v) is 6.96. The minimum Gasteiger partial charge on any atom is -0.497 e. The highest BCUT2D eigenvalue weighted by Crippen LogP contribution is 2.24. The van der Waals surface area contributed by atoms with Crippen molar-refractivity contribution >= 4 is 29.4 Å². The second kappa shape index (κ2) is 8.84. The standard InChI is InChI=1S/C24H18ClNO4/c1-28-19-12-8-17(9-13-19)23-21(24(27)30-26-23)14-16-6-10-20(11-7-16)29-15-18-4-2-3-5-22(18)25/h2-14H,15H2,1H3/b21-14-. The van der Waals surface area contributed by atoms with Gasteiger partial charge in [0.2, 0.25) is 0 Å². The third kappa shape index (κ3) is 4.36. The lowest BCUT2D eigenvalue weighted by atomic mass is 10.0. The van der Waals surface area contributed by atoms with E-state index in [0.717, 1.165) is 22.4 Å². The highest BCUT2D eigenvalue weighted by atomic mass is 35.5. The molecule has 0 bridgehead atoms. The van der Waals surface area contributed by atoms with Crippen molar-refractivity contribution in [2.75, 3.05) is 7.11 Å². The molecule has 1 aliphatic rings. The summed E-state index contributed by atoms with van der Waals surface area (Å²) in [6.07, 6.45) is 1.75. The van der Waals surface area contributed by atoms with E-state index in [2.05, 4.69) is 5.16 Å². The zero-order valence-corrected chi connectivity index (χ0v) is 16.9. The number of carbonyl (C=O) groups is 1.